The summed E-state index contributed by atoms with van der Waals surface area (Å²) in [6, 6.07) is 6.86. The maximum Gasteiger partial charge on any atom is 0.325 e. The van der Waals surface area contributed by atoms with Crippen LogP contribution >= 0.6 is 15.9 Å². The Hall–Kier alpha value is -1.89. The Balaban J connectivity index is 2.30. The number of carbonyl (C=O) groups is 3. The number of hydrogen-bond donors (Lipinski definition) is 2. The van der Waals surface area contributed by atoms with Crippen LogP contribution in [-0.2, 0) is 14.3 Å². The first-order valence-electron chi connectivity index (χ1n) is 6.85. The van der Waals surface area contributed by atoms with Crippen molar-refractivity contribution in [2.75, 3.05) is 19.7 Å². The Bertz CT molecular complexity index is 546. The molecule has 0 bridgehead atoms. The van der Waals surface area contributed by atoms with E-state index in [1.807, 2.05) is 13.8 Å². The van der Waals surface area contributed by atoms with Crippen molar-refractivity contribution in [3.63, 3.8) is 0 Å². The molecule has 1 aromatic carbocycles. The van der Waals surface area contributed by atoms with Gasteiger partial charge < -0.3 is 15.4 Å². The molecule has 22 heavy (non-hydrogen) atoms. The summed E-state index contributed by atoms with van der Waals surface area (Å²) in [6.07, 6.45) is 0. The maximum atomic E-state index is 11.9. The quantitative estimate of drug-likeness (QED) is 0.712. The molecule has 0 saturated carbocycles. The Morgan fingerprint density at radius 3 is 2.50 bits per heavy atom. The monoisotopic (exact) mass is 370 g/mol. The van der Waals surface area contributed by atoms with Crippen LogP contribution in [0.25, 0.3) is 0 Å². The van der Waals surface area contributed by atoms with Gasteiger partial charge in [-0.05, 0) is 34.0 Å². The molecule has 2 N–H and O–H groups in total. The summed E-state index contributed by atoms with van der Waals surface area (Å²) in [5.41, 5.74) is 0.421. The molecule has 0 aromatic heterocycles. The van der Waals surface area contributed by atoms with E-state index in [-0.39, 0.29) is 19.1 Å². The number of amides is 2. The van der Waals surface area contributed by atoms with Crippen LogP contribution in [-0.4, -0.2) is 37.5 Å². The number of carbonyl (C=O) groups excluding carboxylic acids is 3. The summed E-state index contributed by atoms with van der Waals surface area (Å²) in [7, 11) is 0. The smallest absolute Gasteiger partial charge is 0.325 e. The molecule has 7 heteroatoms. The van der Waals surface area contributed by atoms with Crippen LogP contribution in [0.15, 0.2) is 28.7 Å². The highest BCUT2D eigenvalue weighted by atomic mass is 79.9. The summed E-state index contributed by atoms with van der Waals surface area (Å²) < 4.78 is 5.41. The third kappa shape index (κ3) is 6.71. The molecule has 0 aliphatic heterocycles. The van der Waals surface area contributed by atoms with Crippen molar-refractivity contribution in [1.29, 1.82) is 0 Å². The predicted molar refractivity (Wildman–Crippen MR) is 85.3 cm³/mol. The van der Waals surface area contributed by atoms with Gasteiger partial charge in [-0.1, -0.05) is 26.0 Å². The summed E-state index contributed by atoms with van der Waals surface area (Å²) >= 11 is 3.25. The molecule has 0 saturated heterocycles. The van der Waals surface area contributed by atoms with Crippen LogP contribution in [0.3, 0.4) is 0 Å². The number of halogens is 1. The summed E-state index contributed by atoms with van der Waals surface area (Å²) in [6.45, 7) is 3.80. The zero-order valence-electron chi connectivity index (χ0n) is 12.5. The lowest BCUT2D eigenvalue weighted by molar-refractivity contribution is -0.147. The lowest BCUT2D eigenvalue weighted by Gasteiger charge is -2.09. The largest absolute Gasteiger partial charge is 0.454 e. The minimum Gasteiger partial charge on any atom is -0.454 e. The maximum absolute atomic E-state index is 11.9. The van der Waals surface area contributed by atoms with Crippen molar-refractivity contribution >= 4 is 33.7 Å². The van der Waals surface area contributed by atoms with Crippen molar-refractivity contribution in [1.82, 2.24) is 10.6 Å². The topological polar surface area (TPSA) is 84.5 Å². The number of esters is 1. The average molecular weight is 371 g/mol. The molecule has 0 atom stereocenters. The van der Waals surface area contributed by atoms with Gasteiger partial charge in [0.05, 0.1) is 5.56 Å². The fraction of sp³-hybridized carbons (Fsp3) is 0.400. The second-order valence-corrected chi connectivity index (χ2v) is 5.88. The van der Waals surface area contributed by atoms with E-state index in [0.29, 0.717) is 22.5 Å². The number of benzene rings is 1. The molecule has 0 aliphatic rings. The zero-order chi connectivity index (χ0) is 16.5. The second kappa shape index (κ2) is 9.19. The fourth-order valence-electron chi connectivity index (χ4n) is 1.46. The third-order valence-electron chi connectivity index (χ3n) is 2.58. The van der Waals surface area contributed by atoms with Gasteiger partial charge in [0.1, 0.15) is 6.54 Å². The molecule has 0 aliphatic carbocycles. The van der Waals surface area contributed by atoms with Gasteiger partial charge in [0.2, 0.25) is 0 Å². The van der Waals surface area contributed by atoms with Crippen LogP contribution in [0.1, 0.15) is 24.2 Å². The van der Waals surface area contributed by atoms with Gasteiger partial charge in [0.25, 0.3) is 11.8 Å². The van der Waals surface area contributed by atoms with E-state index in [9.17, 15) is 14.4 Å². The summed E-state index contributed by atoms with van der Waals surface area (Å²) in [4.78, 5) is 34.7. The molecular weight excluding hydrogens is 352 g/mol. The van der Waals surface area contributed by atoms with Crippen molar-refractivity contribution in [2.45, 2.75) is 13.8 Å². The van der Waals surface area contributed by atoms with Gasteiger partial charge >= 0.3 is 5.97 Å². The van der Waals surface area contributed by atoms with Crippen LogP contribution in [0.5, 0.6) is 0 Å². The molecule has 0 heterocycles. The molecule has 120 valence electrons. The molecule has 0 fully saturated rings. The molecule has 1 aromatic rings. The standard InChI is InChI=1S/C15H19BrN2O4/c1-10(2)7-17-13(19)9-22-14(20)8-18-15(21)11-5-3-4-6-12(11)16/h3-6,10H,7-9H2,1-2H3,(H,17,19)(H,18,21). The number of hydrogen-bond acceptors (Lipinski definition) is 4. The zero-order valence-corrected chi connectivity index (χ0v) is 14.1. The van der Waals surface area contributed by atoms with Gasteiger partial charge in [0, 0.05) is 11.0 Å². The van der Waals surface area contributed by atoms with Crippen LogP contribution < -0.4 is 10.6 Å². The Morgan fingerprint density at radius 2 is 1.86 bits per heavy atom. The first-order valence-corrected chi connectivity index (χ1v) is 7.64. The summed E-state index contributed by atoms with van der Waals surface area (Å²) in [5, 5.41) is 5.06. The lowest BCUT2D eigenvalue weighted by Crippen LogP contribution is -2.35. The van der Waals surface area contributed by atoms with E-state index >= 15 is 0 Å². The molecular formula is C15H19BrN2O4. The molecule has 0 radical (unpaired) electrons. The van der Waals surface area contributed by atoms with Crippen molar-refractivity contribution in [2.24, 2.45) is 5.92 Å². The molecule has 0 spiro atoms. The summed E-state index contributed by atoms with van der Waals surface area (Å²) in [5.74, 6) is -1.10. The van der Waals surface area contributed by atoms with Gasteiger partial charge in [-0.25, -0.2) is 0 Å². The van der Waals surface area contributed by atoms with E-state index in [0.717, 1.165) is 0 Å². The van der Waals surface area contributed by atoms with E-state index in [4.69, 9.17) is 4.74 Å². The lowest BCUT2D eigenvalue weighted by atomic mass is 10.2. The number of ether oxygens (including phenoxy) is 1. The molecule has 6 nitrogen and oxygen atoms in total. The highest BCUT2D eigenvalue weighted by Gasteiger charge is 2.12. The second-order valence-electron chi connectivity index (χ2n) is 5.02. The Labute approximate surface area is 137 Å². The fourth-order valence-corrected chi connectivity index (χ4v) is 1.92. The van der Waals surface area contributed by atoms with Crippen LogP contribution in [0, 0.1) is 5.92 Å². The van der Waals surface area contributed by atoms with Crippen LogP contribution in [0.4, 0.5) is 0 Å². The third-order valence-corrected chi connectivity index (χ3v) is 3.27. The van der Waals surface area contributed by atoms with Gasteiger partial charge in [-0.2, -0.15) is 0 Å². The van der Waals surface area contributed by atoms with Gasteiger partial charge in [-0.15, -0.1) is 0 Å². The minimum atomic E-state index is -0.667. The van der Waals surface area contributed by atoms with Crippen molar-refractivity contribution < 1.29 is 19.1 Å². The number of rotatable bonds is 7. The number of nitrogens with one attached hydrogen (secondary N) is 2. The first kappa shape index (κ1) is 18.2. The Kier molecular flexibility index (Phi) is 7.59. The van der Waals surface area contributed by atoms with Gasteiger partial charge in [-0.3, -0.25) is 14.4 Å². The highest BCUT2D eigenvalue weighted by Crippen LogP contribution is 2.15. The molecule has 0 unspecified atom stereocenters. The minimum absolute atomic E-state index is 0.294. The SMILES string of the molecule is CC(C)CNC(=O)COC(=O)CNC(=O)c1ccccc1Br. The predicted octanol–water partition coefficient (Wildman–Crippen LogP) is 1.49. The average Bonchev–Trinajstić information content (AvgIpc) is 2.48. The highest BCUT2D eigenvalue weighted by molar-refractivity contribution is 9.10. The van der Waals surface area contributed by atoms with Crippen molar-refractivity contribution in [3.05, 3.63) is 34.3 Å². The van der Waals surface area contributed by atoms with E-state index < -0.39 is 11.9 Å². The van der Waals surface area contributed by atoms with E-state index in [1.165, 1.54) is 0 Å². The first-order chi connectivity index (χ1) is 10.4. The van der Waals surface area contributed by atoms with Crippen LogP contribution in [0.2, 0.25) is 0 Å². The normalized spacial score (nSPS) is 10.2. The van der Waals surface area contributed by atoms with E-state index in [1.54, 1.807) is 24.3 Å². The van der Waals surface area contributed by atoms with Gasteiger partial charge in [0.15, 0.2) is 6.61 Å². The molecule has 2 amide bonds. The van der Waals surface area contributed by atoms with Crippen molar-refractivity contribution in [3.8, 4) is 0 Å². The molecule has 1 rings (SSSR count). The Morgan fingerprint density at radius 1 is 1.18 bits per heavy atom. The van der Waals surface area contributed by atoms with E-state index in [2.05, 4.69) is 26.6 Å².